The summed E-state index contributed by atoms with van der Waals surface area (Å²) in [5.74, 6) is -0.871. The molecule has 0 spiro atoms. The molecule has 0 fully saturated rings. The average Bonchev–Trinajstić information content (AvgIpc) is 2.76. The summed E-state index contributed by atoms with van der Waals surface area (Å²) in [6, 6.07) is 7.95. The highest BCUT2D eigenvalue weighted by Crippen LogP contribution is 2.20. The zero-order valence-corrected chi connectivity index (χ0v) is 11.2. The van der Waals surface area contributed by atoms with E-state index in [1.165, 1.54) is 22.5 Å². The standard InChI is InChI=1S/C14H15NO2S/c1-9-3-4-13(10(2)5-9)15-7-12-6-11(8-18-12)14(16)17/h3-6,8,15H,7H2,1-2H3,(H,16,17). The first-order valence-corrected chi connectivity index (χ1v) is 6.56. The van der Waals surface area contributed by atoms with Crippen molar-refractivity contribution in [3.63, 3.8) is 0 Å². The van der Waals surface area contributed by atoms with Crippen LogP contribution in [0.4, 0.5) is 5.69 Å². The van der Waals surface area contributed by atoms with Gasteiger partial charge in [0, 0.05) is 22.5 Å². The van der Waals surface area contributed by atoms with Crippen molar-refractivity contribution in [1.29, 1.82) is 0 Å². The summed E-state index contributed by atoms with van der Waals surface area (Å²) in [6.07, 6.45) is 0. The van der Waals surface area contributed by atoms with Crippen molar-refractivity contribution in [2.24, 2.45) is 0 Å². The molecule has 0 atom stereocenters. The van der Waals surface area contributed by atoms with Gasteiger partial charge in [-0.1, -0.05) is 17.7 Å². The van der Waals surface area contributed by atoms with E-state index in [2.05, 4.69) is 37.4 Å². The number of hydrogen-bond acceptors (Lipinski definition) is 3. The van der Waals surface area contributed by atoms with Crippen molar-refractivity contribution >= 4 is 23.0 Å². The maximum absolute atomic E-state index is 10.8. The lowest BCUT2D eigenvalue weighted by Gasteiger charge is -2.09. The first-order valence-electron chi connectivity index (χ1n) is 5.68. The van der Waals surface area contributed by atoms with Crippen molar-refractivity contribution in [3.05, 3.63) is 51.2 Å². The van der Waals surface area contributed by atoms with E-state index in [1.807, 2.05) is 0 Å². The lowest BCUT2D eigenvalue weighted by Crippen LogP contribution is -2.00. The van der Waals surface area contributed by atoms with Crippen LogP contribution in [0.5, 0.6) is 0 Å². The highest BCUT2D eigenvalue weighted by molar-refractivity contribution is 7.10. The molecule has 2 rings (SSSR count). The lowest BCUT2D eigenvalue weighted by molar-refractivity contribution is 0.0697. The Morgan fingerprint density at radius 2 is 2.11 bits per heavy atom. The second-order valence-corrected chi connectivity index (χ2v) is 5.27. The summed E-state index contributed by atoms with van der Waals surface area (Å²) in [5.41, 5.74) is 3.88. The van der Waals surface area contributed by atoms with E-state index in [0.29, 0.717) is 12.1 Å². The minimum Gasteiger partial charge on any atom is -0.478 e. The molecule has 1 aromatic carbocycles. The highest BCUT2D eigenvalue weighted by Gasteiger charge is 2.06. The number of anilines is 1. The minimum atomic E-state index is -0.871. The second-order valence-electron chi connectivity index (χ2n) is 4.28. The molecule has 2 aromatic rings. The molecule has 0 radical (unpaired) electrons. The van der Waals surface area contributed by atoms with E-state index in [0.717, 1.165) is 10.6 Å². The third-order valence-electron chi connectivity index (χ3n) is 2.74. The molecule has 0 amide bonds. The number of hydrogen-bond donors (Lipinski definition) is 2. The maximum Gasteiger partial charge on any atom is 0.336 e. The summed E-state index contributed by atoms with van der Waals surface area (Å²) in [4.78, 5) is 11.8. The Kier molecular flexibility index (Phi) is 3.67. The maximum atomic E-state index is 10.8. The molecule has 0 bridgehead atoms. The second kappa shape index (κ2) is 5.23. The van der Waals surface area contributed by atoms with Crippen molar-refractivity contribution in [2.75, 3.05) is 5.32 Å². The third kappa shape index (κ3) is 2.90. The SMILES string of the molecule is Cc1ccc(NCc2cc(C(=O)O)cs2)c(C)c1. The Morgan fingerprint density at radius 1 is 1.33 bits per heavy atom. The van der Waals surface area contributed by atoms with Crippen molar-refractivity contribution < 1.29 is 9.90 Å². The van der Waals surface area contributed by atoms with Gasteiger partial charge in [0.1, 0.15) is 0 Å². The molecular formula is C14H15NO2S. The Morgan fingerprint density at radius 3 is 2.72 bits per heavy atom. The molecule has 0 saturated heterocycles. The summed E-state index contributed by atoms with van der Waals surface area (Å²) in [6.45, 7) is 4.78. The van der Waals surface area contributed by atoms with Gasteiger partial charge in [0.2, 0.25) is 0 Å². The Labute approximate surface area is 110 Å². The Hall–Kier alpha value is -1.81. The third-order valence-corrected chi connectivity index (χ3v) is 3.67. The molecule has 18 heavy (non-hydrogen) atoms. The summed E-state index contributed by atoms with van der Waals surface area (Å²) >= 11 is 1.46. The van der Waals surface area contributed by atoms with Gasteiger partial charge in [-0.05, 0) is 31.5 Å². The molecule has 0 aliphatic heterocycles. The van der Waals surface area contributed by atoms with Gasteiger partial charge >= 0.3 is 5.97 Å². The topological polar surface area (TPSA) is 49.3 Å². The van der Waals surface area contributed by atoms with Crippen LogP contribution in [0, 0.1) is 13.8 Å². The molecule has 2 N–H and O–H groups in total. The fourth-order valence-electron chi connectivity index (χ4n) is 1.78. The zero-order valence-electron chi connectivity index (χ0n) is 10.4. The van der Waals surface area contributed by atoms with E-state index in [9.17, 15) is 4.79 Å². The number of rotatable bonds is 4. The van der Waals surface area contributed by atoms with Gasteiger partial charge in [0.25, 0.3) is 0 Å². The summed E-state index contributed by atoms with van der Waals surface area (Å²) < 4.78 is 0. The van der Waals surface area contributed by atoms with Gasteiger partial charge in [0.05, 0.1) is 5.56 Å². The molecule has 94 valence electrons. The predicted octanol–water partition coefficient (Wildman–Crippen LogP) is 3.68. The number of carbonyl (C=O) groups is 1. The molecule has 0 unspecified atom stereocenters. The summed E-state index contributed by atoms with van der Waals surface area (Å²) in [7, 11) is 0. The van der Waals surface area contributed by atoms with Crippen LogP contribution < -0.4 is 5.32 Å². The number of nitrogens with one attached hydrogen (secondary N) is 1. The van der Waals surface area contributed by atoms with Crippen LogP contribution in [0.25, 0.3) is 0 Å². The molecule has 0 saturated carbocycles. The van der Waals surface area contributed by atoms with Crippen molar-refractivity contribution in [2.45, 2.75) is 20.4 Å². The predicted molar refractivity (Wildman–Crippen MR) is 74.5 cm³/mol. The van der Waals surface area contributed by atoms with E-state index >= 15 is 0 Å². The largest absolute Gasteiger partial charge is 0.478 e. The Bertz CT molecular complexity index is 575. The number of carboxylic acid groups (broad SMARTS) is 1. The minimum absolute atomic E-state index is 0.359. The van der Waals surface area contributed by atoms with E-state index in [1.54, 1.807) is 11.4 Å². The number of thiophene rings is 1. The van der Waals surface area contributed by atoms with Crippen molar-refractivity contribution in [3.8, 4) is 0 Å². The molecule has 4 heteroatoms. The quantitative estimate of drug-likeness (QED) is 0.882. The first-order chi connectivity index (χ1) is 8.56. The van der Waals surface area contributed by atoms with Crippen LogP contribution in [0.3, 0.4) is 0 Å². The smallest absolute Gasteiger partial charge is 0.336 e. The van der Waals surface area contributed by atoms with Crippen LogP contribution in [0.2, 0.25) is 0 Å². The van der Waals surface area contributed by atoms with Gasteiger partial charge < -0.3 is 10.4 Å². The molecule has 1 aromatic heterocycles. The fourth-order valence-corrected chi connectivity index (χ4v) is 2.58. The number of benzene rings is 1. The fraction of sp³-hybridized carbons (Fsp3) is 0.214. The van der Waals surface area contributed by atoms with Crippen LogP contribution >= 0.6 is 11.3 Å². The number of carboxylic acids is 1. The van der Waals surface area contributed by atoms with Gasteiger partial charge in [0.15, 0.2) is 0 Å². The number of aromatic carboxylic acids is 1. The zero-order chi connectivity index (χ0) is 13.1. The van der Waals surface area contributed by atoms with Crippen LogP contribution in [-0.4, -0.2) is 11.1 Å². The van der Waals surface area contributed by atoms with Crippen LogP contribution in [-0.2, 0) is 6.54 Å². The van der Waals surface area contributed by atoms with Gasteiger partial charge in [-0.15, -0.1) is 11.3 Å². The molecule has 1 heterocycles. The van der Waals surface area contributed by atoms with E-state index in [-0.39, 0.29) is 0 Å². The summed E-state index contributed by atoms with van der Waals surface area (Å²) in [5, 5.41) is 13.8. The Balaban J connectivity index is 2.04. The van der Waals surface area contributed by atoms with E-state index in [4.69, 9.17) is 5.11 Å². The normalized spacial score (nSPS) is 10.3. The molecule has 0 aliphatic rings. The monoisotopic (exact) mass is 261 g/mol. The van der Waals surface area contributed by atoms with Crippen LogP contribution in [0.1, 0.15) is 26.4 Å². The highest BCUT2D eigenvalue weighted by atomic mass is 32.1. The molecule has 0 aliphatic carbocycles. The van der Waals surface area contributed by atoms with Gasteiger partial charge in [-0.2, -0.15) is 0 Å². The van der Waals surface area contributed by atoms with E-state index < -0.39 is 5.97 Å². The average molecular weight is 261 g/mol. The lowest BCUT2D eigenvalue weighted by atomic mass is 10.1. The van der Waals surface area contributed by atoms with Gasteiger partial charge in [-0.3, -0.25) is 0 Å². The van der Waals surface area contributed by atoms with Crippen molar-refractivity contribution in [1.82, 2.24) is 0 Å². The first kappa shape index (κ1) is 12.6. The van der Waals surface area contributed by atoms with Gasteiger partial charge in [-0.25, -0.2) is 4.79 Å². The molecular weight excluding hydrogens is 246 g/mol. The molecule has 3 nitrogen and oxygen atoms in total. The number of aryl methyl sites for hydroxylation is 2. The van der Waals surface area contributed by atoms with Crippen LogP contribution in [0.15, 0.2) is 29.6 Å².